The van der Waals surface area contributed by atoms with Crippen LogP contribution in [0.4, 0.5) is 0 Å². The highest BCUT2D eigenvalue weighted by Crippen LogP contribution is 2.42. The first-order valence-corrected chi connectivity index (χ1v) is 20.8. The quantitative estimate of drug-likeness (QED) is 0.174. The number of furan rings is 2. The van der Waals surface area contributed by atoms with Gasteiger partial charge in [0.1, 0.15) is 22.3 Å². The summed E-state index contributed by atoms with van der Waals surface area (Å²) in [6, 6.07) is 69.9. The number of benzene rings is 10. The molecule has 0 bridgehead atoms. The summed E-state index contributed by atoms with van der Waals surface area (Å²) < 4.78 is 13.0. The maximum Gasteiger partial charge on any atom is 0.164 e. The highest BCUT2D eigenvalue weighted by Gasteiger charge is 2.21. The van der Waals surface area contributed by atoms with E-state index in [-0.39, 0.29) is 0 Å². The molecule has 0 aliphatic rings. The number of nitrogens with zero attached hydrogens (tertiary/aromatic N) is 3. The molecule has 0 saturated heterocycles. The SMILES string of the molecule is c1ccc(-c2ccc3cc(-c4nc(-c5ccc6c(ccc7oc8ccccc8c76)c5)nc(-c5cccc6oc7c(-c8ccc9ccccc9c8)cccc7c56)n4)ccc3c2)cc1. The Labute approximate surface area is 355 Å². The fourth-order valence-corrected chi connectivity index (χ4v) is 9.26. The largest absolute Gasteiger partial charge is 0.456 e. The Morgan fingerprint density at radius 1 is 0.274 bits per heavy atom. The van der Waals surface area contributed by atoms with Gasteiger partial charge in [0.2, 0.25) is 0 Å². The maximum absolute atomic E-state index is 6.76. The van der Waals surface area contributed by atoms with E-state index in [0.29, 0.717) is 17.5 Å². The maximum atomic E-state index is 6.76. The zero-order valence-electron chi connectivity index (χ0n) is 33.2. The Kier molecular flexibility index (Phi) is 7.54. The second-order valence-corrected chi connectivity index (χ2v) is 15.9. The molecule has 3 heterocycles. The molecule has 0 aliphatic carbocycles. The van der Waals surface area contributed by atoms with Crippen LogP contribution in [-0.4, -0.2) is 15.0 Å². The normalized spacial score (nSPS) is 11.9. The molecule has 0 fully saturated rings. The number of rotatable bonds is 5. The topological polar surface area (TPSA) is 65.0 Å². The molecule has 5 nitrogen and oxygen atoms in total. The Morgan fingerprint density at radius 3 is 1.71 bits per heavy atom. The molecule has 0 N–H and O–H groups in total. The summed E-state index contributed by atoms with van der Waals surface area (Å²) in [5.41, 5.74) is 10.5. The molecule has 5 heteroatoms. The highest BCUT2D eigenvalue weighted by molar-refractivity contribution is 6.19. The van der Waals surface area contributed by atoms with Crippen LogP contribution in [0, 0.1) is 0 Å². The van der Waals surface area contributed by atoms with Gasteiger partial charge in [-0.05, 0) is 91.5 Å². The van der Waals surface area contributed by atoms with Gasteiger partial charge in [0.25, 0.3) is 0 Å². The molecule has 0 saturated carbocycles. The number of para-hydroxylation sites is 2. The molecule has 10 aromatic carbocycles. The van der Waals surface area contributed by atoms with Crippen LogP contribution >= 0.6 is 0 Å². The third kappa shape index (κ3) is 5.52. The van der Waals surface area contributed by atoms with E-state index in [2.05, 4.69) is 170 Å². The molecule has 288 valence electrons. The van der Waals surface area contributed by atoms with E-state index in [4.69, 9.17) is 23.8 Å². The smallest absolute Gasteiger partial charge is 0.164 e. The van der Waals surface area contributed by atoms with Gasteiger partial charge in [0.15, 0.2) is 17.5 Å². The summed E-state index contributed by atoms with van der Waals surface area (Å²) in [4.78, 5) is 15.8. The summed E-state index contributed by atoms with van der Waals surface area (Å²) >= 11 is 0. The van der Waals surface area contributed by atoms with Crippen LogP contribution in [-0.2, 0) is 0 Å². The van der Waals surface area contributed by atoms with Crippen molar-refractivity contribution in [3.05, 3.63) is 200 Å². The third-order valence-electron chi connectivity index (χ3n) is 12.3. The van der Waals surface area contributed by atoms with Crippen molar-refractivity contribution in [3.8, 4) is 56.4 Å². The van der Waals surface area contributed by atoms with E-state index in [1.165, 1.54) is 21.9 Å². The van der Waals surface area contributed by atoms with E-state index in [0.717, 1.165) is 93.2 Å². The van der Waals surface area contributed by atoms with Gasteiger partial charge in [0, 0.05) is 43.8 Å². The Bertz CT molecular complexity index is 3940. The first-order chi connectivity index (χ1) is 30.7. The molecule has 62 heavy (non-hydrogen) atoms. The van der Waals surface area contributed by atoms with Crippen molar-refractivity contribution in [1.82, 2.24) is 15.0 Å². The number of hydrogen-bond acceptors (Lipinski definition) is 5. The van der Waals surface area contributed by atoms with Crippen molar-refractivity contribution in [2.75, 3.05) is 0 Å². The lowest BCUT2D eigenvalue weighted by Crippen LogP contribution is -2.00. The minimum Gasteiger partial charge on any atom is -0.456 e. The van der Waals surface area contributed by atoms with Gasteiger partial charge >= 0.3 is 0 Å². The Balaban J connectivity index is 1.00. The van der Waals surface area contributed by atoms with Crippen LogP contribution in [0.15, 0.2) is 209 Å². The summed E-state index contributed by atoms with van der Waals surface area (Å²) in [7, 11) is 0. The minimum atomic E-state index is 0.574. The van der Waals surface area contributed by atoms with Gasteiger partial charge < -0.3 is 8.83 Å². The summed E-state index contributed by atoms with van der Waals surface area (Å²) in [5, 5.41) is 11.0. The minimum absolute atomic E-state index is 0.574. The van der Waals surface area contributed by atoms with Gasteiger partial charge in [0.05, 0.1) is 0 Å². The van der Waals surface area contributed by atoms with E-state index in [1.54, 1.807) is 0 Å². The van der Waals surface area contributed by atoms with Gasteiger partial charge in [-0.3, -0.25) is 0 Å². The predicted molar refractivity (Wildman–Crippen MR) is 254 cm³/mol. The van der Waals surface area contributed by atoms with Crippen molar-refractivity contribution < 1.29 is 8.83 Å². The molecule has 0 unspecified atom stereocenters. The lowest BCUT2D eigenvalue weighted by molar-refractivity contribution is 0.669. The van der Waals surface area contributed by atoms with Crippen molar-refractivity contribution in [1.29, 1.82) is 0 Å². The van der Waals surface area contributed by atoms with Crippen LogP contribution in [0.2, 0.25) is 0 Å². The van der Waals surface area contributed by atoms with Crippen LogP contribution in [0.3, 0.4) is 0 Å². The molecular weight excluding hydrogens is 759 g/mol. The van der Waals surface area contributed by atoms with Crippen molar-refractivity contribution in [2.45, 2.75) is 0 Å². The molecule has 13 rings (SSSR count). The molecule has 0 spiro atoms. The highest BCUT2D eigenvalue weighted by atomic mass is 16.3. The monoisotopic (exact) mass is 791 g/mol. The molecule has 0 radical (unpaired) electrons. The summed E-state index contributed by atoms with van der Waals surface area (Å²) in [6.07, 6.45) is 0. The first kappa shape index (κ1) is 34.5. The van der Waals surface area contributed by atoms with Crippen molar-refractivity contribution in [2.24, 2.45) is 0 Å². The van der Waals surface area contributed by atoms with Gasteiger partial charge in [-0.15, -0.1) is 0 Å². The van der Waals surface area contributed by atoms with Crippen molar-refractivity contribution >= 4 is 76.2 Å². The molecule has 0 aliphatic heterocycles. The number of hydrogen-bond donors (Lipinski definition) is 0. The van der Waals surface area contributed by atoms with E-state index < -0.39 is 0 Å². The zero-order valence-corrected chi connectivity index (χ0v) is 33.2. The van der Waals surface area contributed by atoms with E-state index in [1.807, 2.05) is 30.3 Å². The first-order valence-electron chi connectivity index (χ1n) is 20.8. The second-order valence-electron chi connectivity index (χ2n) is 15.9. The van der Waals surface area contributed by atoms with Crippen LogP contribution < -0.4 is 0 Å². The molecular formula is C57H33N3O2. The lowest BCUT2D eigenvalue weighted by atomic mass is 9.98. The Hall–Kier alpha value is -8.41. The molecule has 0 amide bonds. The summed E-state index contributed by atoms with van der Waals surface area (Å²) in [6.45, 7) is 0. The van der Waals surface area contributed by atoms with Gasteiger partial charge in [-0.25, -0.2) is 15.0 Å². The van der Waals surface area contributed by atoms with Crippen LogP contribution in [0.25, 0.3) is 133 Å². The van der Waals surface area contributed by atoms with E-state index >= 15 is 0 Å². The molecule has 0 atom stereocenters. The summed E-state index contributed by atoms with van der Waals surface area (Å²) in [5.74, 6) is 1.76. The molecule has 13 aromatic rings. The Morgan fingerprint density at radius 2 is 0.839 bits per heavy atom. The number of fused-ring (bicyclic) bond motifs is 10. The van der Waals surface area contributed by atoms with Crippen LogP contribution in [0.5, 0.6) is 0 Å². The predicted octanol–water partition coefficient (Wildman–Crippen LogP) is 15.5. The van der Waals surface area contributed by atoms with Crippen molar-refractivity contribution in [3.63, 3.8) is 0 Å². The number of aromatic nitrogens is 3. The fourth-order valence-electron chi connectivity index (χ4n) is 9.26. The average molecular weight is 792 g/mol. The van der Waals surface area contributed by atoms with Crippen LogP contribution in [0.1, 0.15) is 0 Å². The van der Waals surface area contributed by atoms with Gasteiger partial charge in [-0.2, -0.15) is 0 Å². The molecule has 3 aromatic heterocycles. The van der Waals surface area contributed by atoms with Gasteiger partial charge in [-0.1, -0.05) is 158 Å². The third-order valence-corrected chi connectivity index (χ3v) is 12.3. The second kappa shape index (κ2) is 13.6. The lowest BCUT2D eigenvalue weighted by Gasteiger charge is -2.11. The fraction of sp³-hybridized carbons (Fsp3) is 0. The van der Waals surface area contributed by atoms with E-state index in [9.17, 15) is 0 Å². The average Bonchev–Trinajstić information content (AvgIpc) is 3.93. The zero-order chi connectivity index (χ0) is 40.7. The standard InChI is InChI=1S/C57H33N3O2/c1-2-10-34(11-3-1)37-21-22-39-32-42(25-23-38(39)30-37)55-58-56(43-26-28-44-40(33-43)27-29-51-52(44)46-14-6-7-18-49(46)61-51)60-57(59-55)48-17-9-19-50-53(48)47-16-8-15-45(54(47)62-50)41-24-20-35-12-4-5-13-36(35)31-41/h1-33H.